The van der Waals surface area contributed by atoms with E-state index >= 15 is 0 Å². The number of pyridine rings is 1. The molecule has 2 heterocycles. The molecule has 0 saturated heterocycles. The van der Waals surface area contributed by atoms with Crippen LogP contribution in [0.2, 0.25) is 0 Å². The summed E-state index contributed by atoms with van der Waals surface area (Å²) in [5, 5.41) is 12.8. The Kier molecular flexibility index (Phi) is 4.55. The van der Waals surface area contributed by atoms with Crippen LogP contribution in [0.1, 0.15) is 53.3 Å². The fourth-order valence-corrected chi connectivity index (χ4v) is 4.37. The van der Waals surface area contributed by atoms with E-state index in [9.17, 15) is 23.5 Å². The molecule has 0 spiro atoms. The molecule has 0 amide bonds. The van der Waals surface area contributed by atoms with Crippen molar-refractivity contribution >= 4 is 16.9 Å². The molecule has 1 unspecified atom stereocenters. The molecule has 1 aromatic heterocycles. The van der Waals surface area contributed by atoms with Crippen molar-refractivity contribution < 1.29 is 23.4 Å². The number of fused-ring (bicyclic) bond motifs is 2. The van der Waals surface area contributed by atoms with Crippen LogP contribution < -0.4 is 15.5 Å². The molecule has 1 fully saturated rings. The highest BCUT2D eigenvalue weighted by molar-refractivity contribution is 5.97. The Morgan fingerprint density at radius 3 is 2.71 bits per heavy atom. The number of aromatic nitrogens is 1. The van der Waals surface area contributed by atoms with Crippen LogP contribution in [0.15, 0.2) is 41.3 Å². The molecular weight excluding hydrogens is 406 g/mol. The Morgan fingerprint density at radius 2 is 2.03 bits per heavy atom. The normalized spacial score (nSPS) is 17.9. The fourth-order valence-electron chi connectivity index (χ4n) is 4.37. The number of aromatic carboxylic acids is 1. The Labute approximate surface area is 176 Å². The largest absolute Gasteiger partial charge is 0.477 e. The quantitative estimate of drug-likeness (QED) is 0.629. The number of nitrogens with zero attached hydrogens (tertiary/aromatic N) is 1. The summed E-state index contributed by atoms with van der Waals surface area (Å²) in [7, 11) is 0. The van der Waals surface area contributed by atoms with Crippen LogP contribution in [0, 0.1) is 0 Å². The number of rotatable bonds is 5. The van der Waals surface area contributed by atoms with Crippen LogP contribution >= 0.6 is 0 Å². The maximum atomic E-state index is 13.5. The van der Waals surface area contributed by atoms with Crippen LogP contribution in [0.5, 0.6) is 5.75 Å². The fraction of sp³-hybridized carbons (Fsp3) is 0.304. The maximum Gasteiger partial charge on any atom is 0.387 e. The second-order valence-corrected chi connectivity index (χ2v) is 8.05. The van der Waals surface area contributed by atoms with E-state index in [1.807, 2.05) is 18.2 Å². The third kappa shape index (κ3) is 3.27. The minimum Gasteiger partial charge on any atom is -0.477 e. The highest BCUT2D eigenvalue weighted by atomic mass is 19.3. The summed E-state index contributed by atoms with van der Waals surface area (Å²) in [5.74, 6) is -1.45. The second kappa shape index (κ2) is 7.16. The Bertz CT molecular complexity index is 1280. The van der Waals surface area contributed by atoms with E-state index in [1.165, 1.54) is 12.3 Å². The molecular formula is C23H20F2N2O4. The lowest BCUT2D eigenvalue weighted by Crippen LogP contribution is -2.19. The summed E-state index contributed by atoms with van der Waals surface area (Å²) < 4.78 is 33.5. The first-order valence-corrected chi connectivity index (χ1v) is 10.1. The first kappa shape index (κ1) is 19.7. The first-order chi connectivity index (χ1) is 14.8. The van der Waals surface area contributed by atoms with E-state index < -0.39 is 18.0 Å². The number of halogens is 2. The number of nitrogens with one attached hydrogen (secondary N) is 1. The second-order valence-electron chi connectivity index (χ2n) is 8.05. The van der Waals surface area contributed by atoms with Gasteiger partial charge in [-0.1, -0.05) is 12.1 Å². The highest BCUT2D eigenvalue weighted by Gasteiger charge is 2.30. The molecule has 0 bridgehead atoms. The van der Waals surface area contributed by atoms with Crippen LogP contribution in [0.25, 0.3) is 22.0 Å². The predicted octanol–water partition coefficient (Wildman–Crippen LogP) is 4.47. The molecule has 1 atom stereocenters. The lowest BCUT2D eigenvalue weighted by atomic mass is 9.96. The van der Waals surface area contributed by atoms with Gasteiger partial charge in [0.25, 0.3) is 0 Å². The standard InChI is InChI=1S/C23H20F2N2O4/c1-11-15-5-2-12(8-13(15)9-26-11)16-6-7-17-19(21(16)31-23(24)25)27(14-3-4-14)10-18(20(17)28)22(29)30/h2,5-8,10-11,14,23,26H,3-4,9H2,1H3,(H,29,30). The van der Waals surface area contributed by atoms with Gasteiger partial charge in [-0.2, -0.15) is 8.78 Å². The van der Waals surface area contributed by atoms with Gasteiger partial charge in [0.1, 0.15) is 5.56 Å². The van der Waals surface area contributed by atoms with Crippen LogP contribution in [0.3, 0.4) is 0 Å². The van der Waals surface area contributed by atoms with Gasteiger partial charge in [0, 0.05) is 30.4 Å². The van der Waals surface area contributed by atoms with E-state index in [0.717, 1.165) is 24.0 Å². The third-order valence-electron chi connectivity index (χ3n) is 6.04. The van der Waals surface area contributed by atoms with Crippen molar-refractivity contribution in [1.29, 1.82) is 0 Å². The zero-order valence-electron chi connectivity index (χ0n) is 16.7. The number of benzene rings is 2. The number of carbonyl (C=O) groups is 1. The number of carboxylic acids is 1. The topological polar surface area (TPSA) is 80.6 Å². The van der Waals surface area contributed by atoms with Crippen molar-refractivity contribution in [3.63, 3.8) is 0 Å². The molecule has 1 aliphatic carbocycles. The molecule has 8 heteroatoms. The van der Waals surface area contributed by atoms with E-state index in [2.05, 4.69) is 12.2 Å². The van der Waals surface area contributed by atoms with Crippen LogP contribution in [0.4, 0.5) is 8.78 Å². The summed E-state index contributed by atoms with van der Waals surface area (Å²) in [5.41, 5.74) is 2.49. The van der Waals surface area contributed by atoms with E-state index in [1.54, 1.807) is 10.6 Å². The molecule has 2 aliphatic rings. The number of hydrogen-bond donors (Lipinski definition) is 2. The van der Waals surface area contributed by atoms with Gasteiger partial charge in [-0.15, -0.1) is 0 Å². The molecule has 160 valence electrons. The van der Waals surface area contributed by atoms with Crippen molar-refractivity contribution in [3.8, 4) is 16.9 Å². The highest BCUT2D eigenvalue weighted by Crippen LogP contribution is 2.43. The summed E-state index contributed by atoms with van der Waals surface area (Å²) >= 11 is 0. The Morgan fingerprint density at radius 1 is 1.26 bits per heavy atom. The lowest BCUT2D eigenvalue weighted by molar-refractivity contribution is -0.0486. The van der Waals surface area contributed by atoms with Gasteiger partial charge in [0.15, 0.2) is 5.75 Å². The molecule has 0 radical (unpaired) electrons. The number of carboxylic acid groups (broad SMARTS) is 1. The molecule has 2 N–H and O–H groups in total. The minimum absolute atomic E-state index is 0.0541. The van der Waals surface area contributed by atoms with Gasteiger partial charge in [-0.25, -0.2) is 4.79 Å². The van der Waals surface area contributed by atoms with Gasteiger partial charge in [-0.05, 0) is 54.7 Å². The molecule has 5 rings (SSSR count). The first-order valence-electron chi connectivity index (χ1n) is 10.1. The van der Waals surface area contributed by atoms with Crippen molar-refractivity contribution in [2.24, 2.45) is 0 Å². The molecule has 31 heavy (non-hydrogen) atoms. The monoisotopic (exact) mass is 426 g/mol. The molecule has 1 saturated carbocycles. The Balaban J connectivity index is 1.80. The number of alkyl halides is 2. The van der Waals surface area contributed by atoms with Crippen molar-refractivity contribution in [3.05, 3.63) is 63.4 Å². The van der Waals surface area contributed by atoms with Crippen molar-refractivity contribution in [2.75, 3.05) is 0 Å². The molecule has 2 aromatic carbocycles. The van der Waals surface area contributed by atoms with Gasteiger partial charge >= 0.3 is 12.6 Å². The number of hydrogen-bond acceptors (Lipinski definition) is 4. The van der Waals surface area contributed by atoms with E-state index in [0.29, 0.717) is 17.7 Å². The average molecular weight is 426 g/mol. The summed E-state index contributed by atoms with van der Waals surface area (Å²) in [6, 6.07) is 8.98. The lowest BCUT2D eigenvalue weighted by Gasteiger charge is -2.19. The molecule has 6 nitrogen and oxygen atoms in total. The predicted molar refractivity (Wildman–Crippen MR) is 111 cm³/mol. The molecule has 3 aromatic rings. The van der Waals surface area contributed by atoms with Gasteiger partial charge in [0.05, 0.1) is 10.9 Å². The van der Waals surface area contributed by atoms with Crippen molar-refractivity contribution in [1.82, 2.24) is 9.88 Å². The van der Waals surface area contributed by atoms with E-state index in [-0.39, 0.29) is 34.3 Å². The van der Waals surface area contributed by atoms with Gasteiger partial charge in [0.2, 0.25) is 5.43 Å². The zero-order chi connectivity index (χ0) is 21.9. The van der Waals surface area contributed by atoms with Crippen LogP contribution in [-0.4, -0.2) is 22.3 Å². The van der Waals surface area contributed by atoms with Crippen LogP contribution in [-0.2, 0) is 6.54 Å². The maximum absolute atomic E-state index is 13.5. The number of ether oxygens (including phenoxy) is 1. The molecule has 1 aliphatic heterocycles. The summed E-state index contributed by atoms with van der Waals surface area (Å²) in [4.78, 5) is 24.4. The third-order valence-corrected chi connectivity index (χ3v) is 6.04. The summed E-state index contributed by atoms with van der Waals surface area (Å²) in [6.45, 7) is -0.360. The SMILES string of the molecule is CC1NCc2cc(-c3ccc4c(=O)c(C(=O)O)cn(C5CC5)c4c3OC(F)F)ccc21. The van der Waals surface area contributed by atoms with E-state index in [4.69, 9.17) is 4.74 Å². The van der Waals surface area contributed by atoms with Gasteiger partial charge < -0.3 is 19.7 Å². The minimum atomic E-state index is -3.10. The average Bonchev–Trinajstić information content (AvgIpc) is 3.51. The van der Waals surface area contributed by atoms with Gasteiger partial charge in [-0.3, -0.25) is 4.79 Å². The van der Waals surface area contributed by atoms with Crippen molar-refractivity contribution in [2.45, 2.75) is 45.0 Å². The Hall–Kier alpha value is -3.26. The smallest absolute Gasteiger partial charge is 0.387 e. The summed E-state index contributed by atoms with van der Waals surface area (Å²) in [6.07, 6.45) is 2.80. The zero-order valence-corrected chi connectivity index (χ0v) is 16.7.